The number of carbonyl (C=O) groups is 1. The first-order chi connectivity index (χ1) is 6.74. The van der Waals surface area contributed by atoms with E-state index in [0.717, 1.165) is 26.2 Å². The molecule has 1 amide bonds. The van der Waals surface area contributed by atoms with Gasteiger partial charge in [0.15, 0.2) is 0 Å². The molecule has 1 saturated heterocycles. The molecule has 1 aliphatic heterocycles. The molecular weight excluding hydrogens is 178 g/mol. The quantitative estimate of drug-likeness (QED) is 0.645. The third-order valence-corrected chi connectivity index (χ3v) is 2.72. The molecule has 0 bridgehead atoms. The van der Waals surface area contributed by atoms with Gasteiger partial charge >= 0.3 is 0 Å². The Kier molecular flexibility index (Phi) is 4.90. The fraction of sp³-hybridized carbons (Fsp3) is 0.900. The number of likely N-dealkylation sites (N-methyl/N-ethyl adjacent to an activating group) is 1. The molecule has 1 fully saturated rings. The van der Waals surface area contributed by atoms with Crippen LogP contribution >= 0.6 is 0 Å². The lowest BCUT2D eigenvalue weighted by Gasteiger charge is -2.22. The highest BCUT2D eigenvalue weighted by Crippen LogP contribution is 2.05. The lowest BCUT2D eigenvalue weighted by atomic mass is 10.2. The molecule has 0 aromatic rings. The molecule has 1 heterocycles. The van der Waals surface area contributed by atoms with Gasteiger partial charge in [0, 0.05) is 32.1 Å². The van der Waals surface area contributed by atoms with Crippen LogP contribution in [0.3, 0.4) is 0 Å². The van der Waals surface area contributed by atoms with Gasteiger partial charge in [0.25, 0.3) is 0 Å². The minimum atomic E-state index is 0.158. The zero-order valence-corrected chi connectivity index (χ0v) is 9.18. The third kappa shape index (κ3) is 3.64. The van der Waals surface area contributed by atoms with Gasteiger partial charge in [-0.2, -0.15) is 0 Å². The van der Waals surface area contributed by atoms with E-state index in [4.69, 9.17) is 0 Å². The summed E-state index contributed by atoms with van der Waals surface area (Å²) in [6.45, 7) is 5.70. The van der Waals surface area contributed by atoms with Gasteiger partial charge in [-0.3, -0.25) is 4.79 Å². The van der Waals surface area contributed by atoms with Crippen LogP contribution in [0.1, 0.15) is 19.8 Å². The maximum Gasteiger partial charge on any atom is 0.221 e. The first-order valence-electron chi connectivity index (χ1n) is 5.41. The van der Waals surface area contributed by atoms with Crippen LogP contribution in [-0.2, 0) is 4.79 Å². The topological polar surface area (TPSA) is 44.4 Å². The molecule has 14 heavy (non-hydrogen) atoms. The van der Waals surface area contributed by atoms with Gasteiger partial charge in [0.05, 0.1) is 0 Å². The zero-order valence-electron chi connectivity index (χ0n) is 9.18. The Bertz CT molecular complexity index is 178. The van der Waals surface area contributed by atoms with Gasteiger partial charge in [0.1, 0.15) is 0 Å². The van der Waals surface area contributed by atoms with E-state index in [1.54, 1.807) is 0 Å². The minimum absolute atomic E-state index is 0.158. The van der Waals surface area contributed by atoms with E-state index in [0.29, 0.717) is 12.5 Å². The van der Waals surface area contributed by atoms with Crippen molar-refractivity contribution < 1.29 is 4.79 Å². The maximum atomic E-state index is 11.2. The second kappa shape index (κ2) is 5.98. The van der Waals surface area contributed by atoms with Crippen LogP contribution in [-0.4, -0.2) is 50.1 Å². The van der Waals surface area contributed by atoms with Crippen molar-refractivity contribution in [2.45, 2.75) is 25.8 Å². The van der Waals surface area contributed by atoms with Gasteiger partial charge in [-0.25, -0.2) is 0 Å². The lowest BCUT2D eigenvalue weighted by Crippen LogP contribution is -2.36. The average molecular weight is 199 g/mol. The molecule has 0 saturated carbocycles. The van der Waals surface area contributed by atoms with Crippen LogP contribution in [0, 0.1) is 0 Å². The van der Waals surface area contributed by atoms with Crippen LogP contribution in [0.15, 0.2) is 0 Å². The first-order valence-corrected chi connectivity index (χ1v) is 5.41. The highest BCUT2D eigenvalue weighted by atomic mass is 16.1. The Labute approximate surface area is 86.0 Å². The standard InChI is InChI=1S/C10H21N3O/c1-3-12-10(14)5-7-13(2)9-4-6-11-8-9/h9,11H,3-8H2,1-2H3,(H,12,14). The van der Waals surface area contributed by atoms with Crippen molar-refractivity contribution in [3.8, 4) is 0 Å². The molecule has 0 aromatic carbocycles. The molecular formula is C10H21N3O. The highest BCUT2D eigenvalue weighted by molar-refractivity contribution is 5.75. The number of hydrogen-bond donors (Lipinski definition) is 2. The molecule has 4 heteroatoms. The van der Waals surface area contributed by atoms with Crippen molar-refractivity contribution >= 4 is 5.91 Å². The van der Waals surface area contributed by atoms with Crippen molar-refractivity contribution in [3.63, 3.8) is 0 Å². The molecule has 1 atom stereocenters. The summed E-state index contributed by atoms with van der Waals surface area (Å²) in [7, 11) is 2.09. The molecule has 4 nitrogen and oxygen atoms in total. The largest absolute Gasteiger partial charge is 0.356 e. The Morgan fingerprint density at radius 2 is 2.43 bits per heavy atom. The van der Waals surface area contributed by atoms with Crippen LogP contribution in [0.4, 0.5) is 0 Å². The second-order valence-electron chi connectivity index (χ2n) is 3.83. The van der Waals surface area contributed by atoms with Crippen molar-refractivity contribution in [2.75, 3.05) is 33.2 Å². The maximum absolute atomic E-state index is 11.2. The number of carbonyl (C=O) groups excluding carboxylic acids is 1. The number of nitrogens with zero attached hydrogens (tertiary/aromatic N) is 1. The summed E-state index contributed by atoms with van der Waals surface area (Å²) in [5.74, 6) is 0.158. The van der Waals surface area contributed by atoms with E-state index in [2.05, 4.69) is 22.6 Å². The Morgan fingerprint density at radius 1 is 1.64 bits per heavy atom. The molecule has 2 N–H and O–H groups in total. The normalized spacial score (nSPS) is 21.5. The summed E-state index contributed by atoms with van der Waals surface area (Å²) in [5.41, 5.74) is 0. The predicted octanol–water partition coefficient (Wildman–Crippen LogP) is -0.194. The number of nitrogens with one attached hydrogen (secondary N) is 2. The number of rotatable bonds is 5. The molecule has 0 spiro atoms. The fourth-order valence-electron chi connectivity index (χ4n) is 1.76. The first kappa shape index (κ1) is 11.5. The molecule has 0 aromatic heterocycles. The summed E-state index contributed by atoms with van der Waals surface area (Å²) in [4.78, 5) is 13.5. The van der Waals surface area contributed by atoms with Crippen molar-refractivity contribution in [1.82, 2.24) is 15.5 Å². The van der Waals surface area contributed by atoms with Gasteiger partial charge in [-0.15, -0.1) is 0 Å². The number of hydrogen-bond acceptors (Lipinski definition) is 3. The smallest absolute Gasteiger partial charge is 0.221 e. The van der Waals surface area contributed by atoms with E-state index in [-0.39, 0.29) is 5.91 Å². The van der Waals surface area contributed by atoms with Crippen LogP contribution in [0.25, 0.3) is 0 Å². The SMILES string of the molecule is CCNC(=O)CCN(C)C1CCNC1. The van der Waals surface area contributed by atoms with Crippen LogP contribution in [0.5, 0.6) is 0 Å². The lowest BCUT2D eigenvalue weighted by molar-refractivity contribution is -0.121. The summed E-state index contributed by atoms with van der Waals surface area (Å²) < 4.78 is 0. The molecule has 0 radical (unpaired) electrons. The van der Waals surface area contributed by atoms with Gasteiger partial charge in [-0.1, -0.05) is 0 Å². The summed E-state index contributed by atoms with van der Waals surface area (Å²) >= 11 is 0. The highest BCUT2D eigenvalue weighted by Gasteiger charge is 2.18. The van der Waals surface area contributed by atoms with Crippen molar-refractivity contribution in [1.29, 1.82) is 0 Å². The Balaban J connectivity index is 2.13. The predicted molar refractivity (Wildman–Crippen MR) is 57.2 cm³/mol. The Hall–Kier alpha value is -0.610. The molecule has 0 aliphatic carbocycles. The fourth-order valence-corrected chi connectivity index (χ4v) is 1.76. The third-order valence-electron chi connectivity index (χ3n) is 2.72. The van der Waals surface area contributed by atoms with Crippen molar-refractivity contribution in [3.05, 3.63) is 0 Å². The minimum Gasteiger partial charge on any atom is -0.356 e. The Morgan fingerprint density at radius 3 is 3.00 bits per heavy atom. The van der Waals surface area contributed by atoms with Gasteiger partial charge < -0.3 is 15.5 Å². The van der Waals surface area contributed by atoms with E-state index in [9.17, 15) is 4.79 Å². The summed E-state index contributed by atoms with van der Waals surface area (Å²) in [6.07, 6.45) is 1.81. The van der Waals surface area contributed by atoms with E-state index in [1.807, 2.05) is 6.92 Å². The van der Waals surface area contributed by atoms with Crippen LogP contribution in [0.2, 0.25) is 0 Å². The molecule has 1 rings (SSSR count). The number of amides is 1. The van der Waals surface area contributed by atoms with E-state index < -0.39 is 0 Å². The van der Waals surface area contributed by atoms with Gasteiger partial charge in [0.2, 0.25) is 5.91 Å². The molecule has 1 unspecified atom stereocenters. The summed E-state index contributed by atoms with van der Waals surface area (Å²) in [6, 6.07) is 0.615. The van der Waals surface area contributed by atoms with E-state index in [1.165, 1.54) is 6.42 Å². The zero-order chi connectivity index (χ0) is 10.4. The summed E-state index contributed by atoms with van der Waals surface area (Å²) in [5, 5.41) is 6.13. The molecule has 82 valence electrons. The van der Waals surface area contributed by atoms with E-state index >= 15 is 0 Å². The average Bonchev–Trinajstić information content (AvgIpc) is 2.67. The monoisotopic (exact) mass is 199 g/mol. The van der Waals surface area contributed by atoms with Crippen LogP contribution < -0.4 is 10.6 Å². The van der Waals surface area contributed by atoms with Gasteiger partial charge in [-0.05, 0) is 26.9 Å². The second-order valence-corrected chi connectivity index (χ2v) is 3.83. The van der Waals surface area contributed by atoms with Crippen molar-refractivity contribution in [2.24, 2.45) is 0 Å². The molecule has 1 aliphatic rings.